The zero-order chi connectivity index (χ0) is 15.4. The van der Waals surface area contributed by atoms with Gasteiger partial charge in [-0.25, -0.2) is 0 Å². The molecule has 1 heterocycles. The Hall–Kier alpha value is -0.860. The maximum atomic E-state index is 5.81. The summed E-state index contributed by atoms with van der Waals surface area (Å²) < 4.78 is 5.81. The number of benzene rings is 1. The molecule has 1 aromatic rings. The van der Waals surface area contributed by atoms with Crippen molar-refractivity contribution in [3.05, 3.63) is 35.4 Å². The Labute approximate surface area is 130 Å². The van der Waals surface area contributed by atoms with Crippen molar-refractivity contribution in [2.24, 2.45) is 5.92 Å². The zero-order valence-electron chi connectivity index (χ0n) is 14.3. The highest BCUT2D eigenvalue weighted by Gasteiger charge is 2.23. The highest BCUT2D eigenvalue weighted by atomic mass is 16.5. The Morgan fingerprint density at radius 1 is 1.05 bits per heavy atom. The molecule has 0 aliphatic carbocycles. The van der Waals surface area contributed by atoms with E-state index in [1.54, 1.807) is 0 Å². The van der Waals surface area contributed by atoms with E-state index in [-0.39, 0.29) is 0 Å². The molecule has 1 aliphatic heterocycles. The van der Waals surface area contributed by atoms with Crippen molar-refractivity contribution >= 4 is 0 Å². The zero-order valence-corrected chi connectivity index (χ0v) is 14.3. The van der Waals surface area contributed by atoms with E-state index >= 15 is 0 Å². The first kappa shape index (κ1) is 16.5. The van der Waals surface area contributed by atoms with E-state index < -0.39 is 0 Å². The van der Waals surface area contributed by atoms with Crippen LogP contribution in [0.2, 0.25) is 0 Å². The van der Waals surface area contributed by atoms with Crippen LogP contribution in [0, 0.1) is 5.92 Å². The topological polar surface area (TPSA) is 12.5 Å². The summed E-state index contributed by atoms with van der Waals surface area (Å²) in [5.74, 6) is 1.31. The lowest BCUT2D eigenvalue weighted by molar-refractivity contribution is -0.0708. The Bertz CT molecular complexity index is 416. The van der Waals surface area contributed by atoms with Crippen molar-refractivity contribution < 1.29 is 4.74 Å². The lowest BCUT2D eigenvalue weighted by atomic mass is 9.96. The summed E-state index contributed by atoms with van der Waals surface area (Å²) in [6.45, 7) is 14.5. The van der Waals surface area contributed by atoms with Gasteiger partial charge >= 0.3 is 0 Å². The molecule has 0 spiro atoms. The van der Waals surface area contributed by atoms with Gasteiger partial charge < -0.3 is 4.74 Å². The molecule has 0 radical (unpaired) electrons. The molecule has 3 atom stereocenters. The van der Waals surface area contributed by atoms with Crippen molar-refractivity contribution in [2.45, 2.75) is 59.2 Å². The lowest BCUT2D eigenvalue weighted by Crippen LogP contribution is -2.47. The number of hydrogen-bond donors (Lipinski definition) is 0. The highest BCUT2D eigenvalue weighted by molar-refractivity contribution is 5.24. The first-order chi connectivity index (χ1) is 9.94. The largest absolute Gasteiger partial charge is 0.373 e. The van der Waals surface area contributed by atoms with Gasteiger partial charge in [-0.05, 0) is 43.2 Å². The molecule has 1 fully saturated rings. The molecular weight excluding hydrogens is 258 g/mol. The van der Waals surface area contributed by atoms with E-state index in [1.165, 1.54) is 24.1 Å². The molecular formula is C19H31NO. The van der Waals surface area contributed by atoms with Crippen LogP contribution in [0.15, 0.2) is 24.3 Å². The summed E-state index contributed by atoms with van der Waals surface area (Å²) in [5.41, 5.74) is 2.89. The molecule has 2 heteroatoms. The van der Waals surface area contributed by atoms with Crippen LogP contribution in [-0.2, 0) is 11.2 Å². The number of morpholine rings is 1. The van der Waals surface area contributed by atoms with Gasteiger partial charge in [0.1, 0.15) is 0 Å². The minimum absolute atomic E-state index is 0.367. The van der Waals surface area contributed by atoms with E-state index in [9.17, 15) is 0 Å². The summed E-state index contributed by atoms with van der Waals surface area (Å²) in [4.78, 5) is 2.56. The van der Waals surface area contributed by atoms with Crippen molar-refractivity contribution in [1.82, 2.24) is 4.90 Å². The first-order valence-corrected chi connectivity index (χ1v) is 8.40. The predicted octanol–water partition coefficient (Wildman–Crippen LogP) is 4.10. The summed E-state index contributed by atoms with van der Waals surface area (Å²) in [6, 6.07) is 9.17. The van der Waals surface area contributed by atoms with Crippen LogP contribution in [0.5, 0.6) is 0 Å². The van der Waals surface area contributed by atoms with Crippen LogP contribution in [0.3, 0.4) is 0 Å². The standard InChI is InChI=1S/C19H31NO/c1-14(2)19-8-6-18(7-9-19)10-15(3)11-20-12-16(4)21-17(5)13-20/h6-9,14-17H,10-13H2,1-5H3. The van der Waals surface area contributed by atoms with Crippen LogP contribution < -0.4 is 0 Å². The molecule has 1 aromatic carbocycles. The van der Waals surface area contributed by atoms with E-state index in [0.717, 1.165) is 13.1 Å². The van der Waals surface area contributed by atoms with Gasteiger partial charge in [0.05, 0.1) is 12.2 Å². The molecule has 118 valence electrons. The van der Waals surface area contributed by atoms with Gasteiger partial charge in [-0.15, -0.1) is 0 Å². The quantitative estimate of drug-likeness (QED) is 0.809. The van der Waals surface area contributed by atoms with Gasteiger partial charge in [-0.1, -0.05) is 45.0 Å². The Kier molecular flexibility index (Phi) is 5.83. The minimum Gasteiger partial charge on any atom is -0.373 e. The fourth-order valence-corrected chi connectivity index (χ4v) is 3.38. The molecule has 2 nitrogen and oxygen atoms in total. The van der Waals surface area contributed by atoms with Crippen molar-refractivity contribution in [2.75, 3.05) is 19.6 Å². The molecule has 1 aliphatic rings. The second kappa shape index (κ2) is 7.42. The average Bonchev–Trinajstić information content (AvgIpc) is 2.37. The fraction of sp³-hybridized carbons (Fsp3) is 0.684. The van der Waals surface area contributed by atoms with Crippen LogP contribution >= 0.6 is 0 Å². The van der Waals surface area contributed by atoms with Gasteiger partial charge in [0, 0.05) is 19.6 Å². The van der Waals surface area contributed by atoms with Gasteiger partial charge in [-0.2, -0.15) is 0 Å². The molecule has 21 heavy (non-hydrogen) atoms. The van der Waals surface area contributed by atoms with E-state index in [2.05, 4.69) is 63.8 Å². The molecule has 1 saturated heterocycles. The summed E-state index contributed by atoms with van der Waals surface area (Å²) in [7, 11) is 0. The van der Waals surface area contributed by atoms with Crippen LogP contribution in [0.4, 0.5) is 0 Å². The van der Waals surface area contributed by atoms with Crippen molar-refractivity contribution in [3.63, 3.8) is 0 Å². The molecule has 3 unspecified atom stereocenters. The fourth-order valence-electron chi connectivity index (χ4n) is 3.38. The Morgan fingerprint density at radius 2 is 1.62 bits per heavy atom. The normalized spacial score (nSPS) is 25.2. The monoisotopic (exact) mass is 289 g/mol. The lowest BCUT2D eigenvalue weighted by Gasteiger charge is -2.36. The number of rotatable bonds is 5. The maximum Gasteiger partial charge on any atom is 0.0678 e. The molecule has 0 aromatic heterocycles. The second-order valence-corrected chi connectivity index (χ2v) is 7.18. The summed E-state index contributed by atoms with van der Waals surface area (Å²) in [6.07, 6.45) is 1.90. The number of ether oxygens (including phenoxy) is 1. The number of hydrogen-bond acceptors (Lipinski definition) is 2. The summed E-state index contributed by atoms with van der Waals surface area (Å²) in [5, 5.41) is 0. The third-order valence-corrected chi connectivity index (χ3v) is 4.30. The van der Waals surface area contributed by atoms with Crippen LogP contribution in [-0.4, -0.2) is 36.7 Å². The molecule has 0 saturated carbocycles. The molecule has 2 rings (SSSR count). The second-order valence-electron chi connectivity index (χ2n) is 7.18. The van der Waals surface area contributed by atoms with Gasteiger partial charge in [0.15, 0.2) is 0 Å². The molecule has 0 amide bonds. The molecule has 0 bridgehead atoms. The van der Waals surface area contributed by atoms with Crippen molar-refractivity contribution in [1.29, 1.82) is 0 Å². The summed E-state index contributed by atoms with van der Waals surface area (Å²) >= 11 is 0. The SMILES string of the molecule is CC(Cc1ccc(C(C)C)cc1)CN1CC(C)OC(C)C1. The van der Waals surface area contributed by atoms with Crippen molar-refractivity contribution in [3.8, 4) is 0 Å². The third kappa shape index (κ3) is 5.12. The van der Waals surface area contributed by atoms with E-state index in [4.69, 9.17) is 4.74 Å². The van der Waals surface area contributed by atoms with Gasteiger partial charge in [0.25, 0.3) is 0 Å². The van der Waals surface area contributed by atoms with Gasteiger partial charge in [0.2, 0.25) is 0 Å². The highest BCUT2D eigenvalue weighted by Crippen LogP contribution is 2.18. The van der Waals surface area contributed by atoms with Crippen LogP contribution in [0.1, 0.15) is 51.7 Å². The Morgan fingerprint density at radius 3 is 2.14 bits per heavy atom. The predicted molar refractivity (Wildman–Crippen MR) is 89.8 cm³/mol. The van der Waals surface area contributed by atoms with E-state index in [1.807, 2.05) is 0 Å². The number of nitrogens with zero attached hydrogens (tertiary/aromatic N) is 1. The first-order valence-electron chi connectivity index (χ1n) is 8.40. The van der Waals surface area contributed by atoms with E-state index in [0.29, 0.717) is 24.0 Å². The third-order valence-electron chi connectivity index (χ3n) is 4.30. The average molecular weight is 289 g/mol. The smallest absolute Gasteiger partial charge is 0.0678 e. The molecule has 0 N–H and O–H groups in total. The van der Waals surface area contributed by atoms with Crippen LogP contribution in [0.25, 0.3) is 0 Å². The maximum absolute atomic E-state index is 5.81. The Balaban J connectivity index is 1.85. The van der Waals surface area contributed by atoms with Gasteiger partial charge in [-0.3, -0.25) is 4.90 Å². The minimum atomic E-state index is 0.367.